The van der Waals surface area contributed by atoms with Gasteiger partial charge in [-0.05, 0) is 24.3 Å². The zero-order valence-electron chi connectivity index (χ0n) is 14.4. The fraction of sp³-hybridized carbons (Fsp3) is 0.500. The quantitative estimate of drug-likeness (QED) is 0.881. The molecule has 2 unspecified atom stereocenters. The number of halogens is 1. The summed E-state index contributed by atoms with van der Waals surface area (Å²) in [5, 5.41) is 3.96. The van der Waals surface area contributed by atoms with E-state index in [4.69, 9.17) is 10.3 Å². The van der Waals surface area contributed by atoms with Gasteiger partial charge in [0, 0.05) is 38.9 Å². The highest BCUT2D eigenvalue weighted by molar-refractivity contribution is 5.85. The molecule has 0 aliphatic carbocycles. The van der Waals surface area contributed by atoms with Crippen LogP contribution in [0.3, 0.4) is 0 Å². The second-order valence-corrected chi connectivity index (χ2v) is 6.50. The largest absolute Gasteiger partial charge is 0.342 e. The van der Waals surface area contributed by atoms with Gasteiger partial charge in [-0.15, -0.1) is 12.4 Å². The number of rotatable bonds is 5. The number of hydrogen-bond acceptors (Lipinski definition) is 5. The molecule has 0 radical (unpaired) electrons. The van der Waals surface area contributed by atoms with Crippen LogP contribution < -0.4 is 5.73 Å². The topological polar surface area (TPSA) is 85.2 Å². The Balaban J connectivity index is 0.00000225. The summed E-state index contributed by atoms with van der Waals surface area (Å²) in [6.45, 7) is 3.34. The van der Waals surface area contributed by atoms with Crippen molar-refractivity contribution in [3.05, 3.63) is 47.6 Å². The van der Waals surface area contributed by atoms with E-state index in [0.717, 1.165) is 43.7 Å². The van der Waals surface area contributed by atoms with Crippen molar-refractivity contribution in [2.24, 2.45) is 11.7 Å². The number of nitrogens with two attached hydrogens (primary N) is 1. The van der Waals surface area contributed by atoms with Crippen LogP contribution in [0.4, 0.5) is 0 Å². The highest BCUT2D eigenvalue weighted by atomic mass is 35.5. The molecule has 2 N–H and O–H groups in total. The molecule has 1 aliphatic rings. The van der Waals surface area contributed by atoms with Crippen LogP contribution in [0.2, 0.25) is 0 Å². The molecule has 1 aromatic heterocycles. The Morgan fingerprint density at radius 3 is 2.84 bits per heavy atom. The van der Waals surface area contributed by atoms with E-state index in [2.05, 4.69) is 10.1 Å². The van der Waals surface area contributed by atoms with Gasteiger partial charge in [-0.25, -0.2) is 0 Å². The SMILES string of the molecule is Cc1nc(CC2CCCN(C(=O)CC(N)c3ccccc3)C2)no1.Cl. The Morgan fingerprint density at radius 2 is 2.16 bits per heavy atom. The first kappa shape index (κ1) is 19.4. The zero-order chi connectivity index (χ0) is 16.9. The van der Waals surface area contributed by atoms with E-state index in [1.165, 1.54) is 0 Å². The standard InChI is InChI=1S/C18H24N4O2.ClH/c1-13-20-17(21-24-13)10-14-6-5-9-22(12-14)18(23)11-16(19)15-7-3-2-4-8-15;/h2-4,7-8,14,16H,5-6,9-12,19H2,1H3;1H. The van der Waals surface area contributed by atoms with E-state index < -0.39 is 0 Å². The van der Waals surface area contributed by atoms with Crippen LogP contribution in [-0.2, 0) is 11.2 Å². The van der Waals surface area contributed by atoms with Gasteiger partial charge in [0.1, 0.15) is 0 Å². The molecule has 6 nitrogen and oxygen atoms in total. The van der Waals surface area contributed by atoms with Crippen LogP contribution in [0.1, 0.15) is 42.6 Å². The van der Waals surface area contributed by atoms with E-state index in [1.807, 2.05) is 35.2 Å². The Hall–Kier alpha value is -1.92. The highest BCUT2D eigenvalue weighted by Crippen LogP contribution is 2.22. The summed E-state index contributed by atoms with van der Waals surface area (Å²) in [5.74, 6) is 1.82. The molecular weight excluding hydrogens is 340 g/mol. The monoisotopic (exact) mass is 364 g/mol. The van der Waals surface area contributed by atoms with Crippen molar-refractivity contribution < 1.29 is 9.32 Å². The first-order valence-electron chi connectivity index (χ1n) is 8.49. The Morgan fingerprint density at radius 1 is 1.40 bits per heavy atom. The van der Waals surface area contributed by atoms with Crippen LogP contribution in [-0.4, -0.2) is 34.0 Å². The van der Waals surface area contributed by atoms with Crippen LogP contribution in [0.25, 0.3) is 0 Å². The van der Waals surface area contributed by atoms with Crippen molar-refractivity contribution in [3.8, 4) is 0 Å². The normalized spacial score (nSPS) is 18.5. The van der Waals surface area contributed by atoms with Gasteiger partial charge in [-0.1, -0.05) is 35.5 Å². The first-order chi connectivity index (χ1) is 11.6. The predicted octanol–water partition coefficient (Wildman–Crippen LogP) is 2.67. The van der Waals surface area contributed by atoms with E-state index >= 15 is 0 Å². The molecular formula is C18H25ClN4O2. The average Bonchev–Trinajstić information content (AvgIpc) is 3.00. The molecule has 1 fully saturated rings. The van der Waals surface area contributed by atoms with E-state index in [0.29, 0.717) is 18.2 Å². The van der Waals surface area contributed by atoms with Crippen molar-refractivity contribution in [1.82, 2.24) is 15.0 Å². The van der Waals surface area contributed by atoms with Crippen molar-refractivity contribution in [2.75, 3.05) is 13.1 Å². The molecule has 0 bridgehead atoms. The Labute approximate surface area is 154 Å². The first-order valence-corrected chi connectivity index (χ1v) is 8.49. The van der Waals surface area contributed by atoms with Crippen LogP contribution >= 0.6 is 12.4 Å². The van der Waals surface area contributed by atoms with Gasteiger partial charge >= 0.3 is 0 Å². The minimum absolute atomic E-state index is 0. The Kier molecular flexibility index (Phi) is 6.96. The van der Waals surface area contributed by atoms with Crippen LogP contribution in [0.5, 0.6) is 0 Å². The van der Waals surface area contributed by atoms with Crippen molar-refractivity contribution in [1.29, 1.82) is 0 Å². The number of aryl methyl sites for hydroxylation is 1. The van der Waals surface area contributed by atoms with Gasteiger partial charge in [0.15, 0.2) is 5.82 Å². The summed E-state index contributed by atoms with van der Waals surface area (Å²) in [6, 6.07) is 9.53. The van der Waals surface area contributed by atoms with Crippen molar-refractivity contribution in [2.45, 2.75) is 38.6 Å². The van der Waals surface area contributed by atoms with Crippen molar-refractivity contribution in [3.63, 3.8) is 0 Å². The smallest absolute Gasteiger partial charge is 0.224 e. The van der Waals surface area contributed by atoms with Crippen LogP contribution in [0, 0.1) is 12.8 Å². The molecule has 0 spiro atoms. The maximum Gasteiger partial charge on any atom is 0.224 e. The van der Waals surface area contributed by atoms with Gasteiger partial charge in [-0.3, -0.25) is 4.79 Å². The third-order valence-electron chi connectivity index (χ3n) is 4.53. The molecule has 25 heavy (non-hydrogen) atoms. The van der Waals surface area contributed by atoms with Gasteiger partial charge in [0.25, 0.3) is 0 Å². The van der Waals surface area contributed by atoms with Crippen LogP contribution in [0.15, 0.2) is 34.9 Å². The van der Waals surface area contributed by atoms with Gasteiger partial charge in [0.05, 0.1) is 0 Å². The maximum absolute atomic E-state index is 12.6. The lowest BCUT2D eigenvalue weighted by Crippen LogP contribution is -2.41. The summed E-state index contributed by atoms with van der Waals surface area (Å²) in [4.78, 5) is 18.8. The van der Waals surface area contributed by atoms with E-state index in [1.54, 1.807) is 6.92 Å². The van der Waals surface area contributed by atoms with E-state index in [-0.39, 0.29) is 24.4 Å². The summed E-state index contributed by atoms with van der Waals surface area (Å²) in [7, 11) is 0. The van der Waals surface area contributed by atoms with Crippen molar-refractivity contribution >= 4 is 18.3 Å². The predicted molar refractivity (Wildman–Crippen MR) is 97.3 cm³/mol. The number of carbonyl (C=O) groups excluding carboxylic acids is 1. The number of amides is 1. The summed E-state index contributed by atoms with van der Waals surface area (Å²) >= 11 is 0. The number of likely N-dealkylation sites (tertiary alicyclic amines) is 1. The molecule has 1 aromatic carbocycles. The molecule has 3 rings (SSSR count). The second-order valence-electron chi connectivity index (χ2n) is 6.50. The third kappa shape index (κ3) is 5.28. The lowest BCUT2D eigenvalue weighted by molar-refractivity contribution is -0.133. The zero-order valence-corrected chi connectivity index (χ0v) is 15.2. The summed E-state index contributed by atoms with van der Waals surface area (Å²) in [5.41, 5.74) is 7.19. The number of piperidine rings is 1. The molecule has 2 heterocycles. The molecule has 2 aromatic rings. The molecule has 2 atom stereocenters. The molecule has 1 aliphatic heterocycles. The fourth-order valence-corrected chi connectivity index (χ4v) is 3.28. The molecule has 1 amide bonds. The highest BCUT2D eigenvalue weighted by Gasteiger charge is 2.26. The summed E-state index contributed by atoms with van der Waals surface area (Å²) < 4.78 is 5.02. The number of aromatic nitrogens is 2. The third-order valence-corrected chi connectivity index (χ3v) is 4.53. The van der Waals surface area contributed by atoms with E-state index in [9.17, 15) is 4.79 Å². The minimum atomic E-state index is -0.251. The lowest BCUT2D eigenvalue weighted by Gasteiger charge is -2.33. The summed E-state index contributed by atoms with van der Waals surface area (Å²) in [6.07, 6.45) is 3.19. The molecule has 1 saturated heterocycles. The number of carbonyl (C=O) groups is 1. The molecule has 136 valence electrons. The number of hydrogen-bond donors (Lipinski definition) is 1. The second kappa shape index (κ2) is 8.97. The molecule has 0 saturated carbocycles. The average molecular weight is 365 g/mol. The number of benzene rings is 1. The number of nitrogens with zero attached hydrogens (tertiary/aromatic N) is 3. The lowest BCUT2D eigenvalue weighted by atomic mass is 9.94. The van der Waals surface area contributed by atoms with Gasteiger partial charge in [0.2, 0.25) is 11.8 Å². The van der Waals surface area contributed by atoms with Gasteiger partial charge in [-0.2, -0.15) is 4.98 Å². The molecule has 7 heteroatoms. The Bertz CT molecular complexity index is 677. The fourth-order valence-electron chi connectivity index (χ4n) is 3.28. The minimum Gasteiger partial charge on any atom is -0.342 e. The van der Waals surface area contributed by atoms with Gasteiger partial charge < -0.3 is 15.2 Å². The maximum atomic E-state index is 12.6.